The molecule has 0 bridgehead atoms. The third kappa shape index (κ3) is 4.67. The molecule has 0 radical (unpaired) electrons. The van der Waals surface area contributed by atoms with Crippen LogP contribution >= 0.6 is 0 Å². The molecule has 2 rings (SSSR count). The molecule has 4 amide bonds. The zero-order chi connectivity index (χ0) is 20.2. The number of rotatable bonds is 7. The van der Waals surface area contributed by atoms with Gasteiger partial charge in [-0.2, -0.15) is 0 Å². The summed E-state index contributed by atoms with van der Waals surface area (Å²) in [5, 5.41) is 5.59. The summed E-state index contributed by atoms with van der Waals surface area (Å²) in [6, 6.07) is 7.12. The number of hydrogen-bond acceptors (Lipinski definition) is 3. The number of benzene rings is 1. The minimum absolute atomic E-state index is 0.0322. The van der Waals surface area contributed by atoms with Crippen LogP contribution in [0, 0.1) is 0 Å². The molecule has 1 aliphatic heterocycles. The molecule has 0 spiro atoms. The van der Waals surface area contributed by atoms with Gasteiger partial charge in [-0.3, -0.25) is 14.5 Å². The maximum Gasteiger partial charge on any atom is 0.325 e. The van der Waals surface area contributed by atoms with Gasteiger partial charge in [0.15, 0.2) is 0 Å². The molecule has 148 valence electrons. The van der Waals surface area contributed by atoms with Gasteiger partial charge in [-0.25, -0.2) is 4.79 Å². The molecule has 1 aromatic rings. The van der Waals surface area contributed by atoms with Gasteiger partial charge in [-0.1, -0.05) is 59.6 Å². The first kappa shape index (κ1) is 20.9. The van der Waals surface area contributed by atoms with E-state index < -0.39 is 11.6 Å². The van der Waals surface area contributed by atoms with Crippen molar-refractivity contribution in [3.05, 3.63) is 29.8 Å². The lowest BCUT2D eigenvalue weighted by atomic mass is 9.87. The van der Waals surface area contributed by atoms with E-state index >= 15 is 0 Å². The van der Waals surface area contributed by atoms with Gasteiger partial charge < -0.3 is 10.6 Å². The third-order valence-electron chi connectivity index (χ3n) is 4.94. The lowest BCUT2D eigenvalue weighted by Crippen LogP contribution is -2.47. The Morgan fingerprint density at radius 3 is 2.11 bits per heavy atom. The molecule has 1 aliphatic rings. The van der Waals surface area contributed by atoms with Crippen molar-refractivity contribution in [3.63, 3.8) is 0 Å². The Labute approximate surface area is 161 Å². The van der Waals surface area contributed by atoms with Crippen LogP contribution in [0.2, 0.25) is 0 Å². The standard InChI is InChI=1S/C21H31N3O3/c1-6-12-21(13-7-2)18(26)24(19(27)23-21)14-17(25)22-16-10-8-15(9-11-16)20(3,4)5/h8-11H,6-7,12-14H2,1-5H3,(H,22,25)(H,23,27). The highest BCUT2D eigenvalue weighted by Crippen LogP contribution is 2.28. The summed E-state index contributed by atoms with van der Waals surface area (Å²) in [6.45, 7) is 10.0. The van der Waals surface area contributed by atoms with Crippen molar-refractivity contribution in [3.8, 4) is 0 Å². The zero-order valence-corrected chi connectivity index (χ0v) is 17.0. The van der Waals surface area contributed by atoms with E-state index in [1.807, 2.05) is 38.1 Å². The molecule has 0 aromatic heterocycles. The number of carbonyl (C=O) groups excluding carboxylic acids is 3. The maximum atomic E-state index is 12.8. The van der Waals surface area contributed by atoms with Gasteiger partial charge in [0.2, 0.25) is 5.91 Å². The molecule has 1 fully saturated rings. The highest BCUT2D eigenvalue weighted by molar-refractivity contribution is 6.10. The number of carbonyl (C=O) groups is 3. The normalized spacial score (nSPS) is 16.4. The van der Waals surface area contributed by atoms with Crippen molar-refractivity contribution in [1.82, 2.24) is 10.2 Å². The predicted molar refractivity (Wildman–Crippen MR) is 107 cm³/mol. The van der Waals surface area contributed by atoms with Gasteiger partial charge in [0.05, 0.1) is 0 Å². The van der Waals surface area contributed by atoms with Gasteiger partial charge in [0, 0.05) is 5.69 Å². The highest BCUT2D eigenvalue weighted by atomic mass is 16.2. The van der Waals surface area contributed by atoms with Gasteiger partial charge in [-0.15, -0.1) is 0 Å². The van der Waals surface area contributed by atoms with E-state index in [0.717, 1.165) is 17.7 Å². The quantitative estimate of drug-likeness (QED) is 0.713. The summed E-state index contributed by atoms with van der Waals surface area (Å²) >= 11 is 0. The van der Waals surface area contributed by atoms with Crippen LogP contribution in [-0.4, -0.2) is 34.8 Å². The monoisotopic (exact) mass is 373 g/mol. The topological polar surface area (TPSA) is 78.5 Å². The van der Waals surface area contributed by atoms with E-state index in [2.05, 4.69) is 31.4 Å². The Morgan fingerprint density at radius 2 is 1.63 bits per heavy atom. The minimum atomic E-state index is -0.866. The number of nitrogens with zero attached hydrogens (tertiary/aromatic N) is 1. The van der Waals surface area contributed by atoms with E-state index in [0.29, 0.717) is 18.5 Å². The average molecular weight is 373 g/mol. The van der Waals surface area contributed by atoms with Crippen LogP contribution in [-0.2, 0) is 15.0 Å². The zero-order valence-electron chi connectivity index (χ0n) is 17.0. The second-order valence-electron chi connectivity index (χ2n) is 8.28. The van der Waals surface area contributed by atoms with Gasteiger partial charge in [0.1, 0.15) is 12.1 Å². The molecule has 1 saturated heterocycles. The molecule has 6 nitrogen and oxygen atoms in total. The van der Waals surface area contributed by atoms with E-state index in [4.69, 9.17) is 0 Å². The van der Waals surface area contributed by atoms with E-state index in [1.165, 1.54) is 5.56 Å². The SMILES string of the molecule is CCCC1(CCC)NC(=O)N(CC(=O)Nc2ccc(C(C)(C)C)cc2)C1=O. The van der Waals surface area contributed by atoms with Crippen LogP contribution in [0.4, 0.5) is 10.5 Å². The molecule has 1 heterocycles. The summed E-state index contributed by atoms with van der Waals surface area (Å²) in [5.74, 6) is -0.680. The molecule has 27 heavy (non-hydrogen) atoms. The number of nitrogens with one attached hydrogen (secondary N) is 2. The molecular weight excluding hydrogens is 342 g/mol. The second-order valence-corrected chi connectivity index (χ2v) is 8.28. The van der Waals surface area contributed by atoms with Crippen LogP contribution in [0.5, 0.6) is 0 Å². The minimum Gasteiger partial charge on any atom is -0.325 e. The Balaban J connectivity index is 2.05. The van der Waals surface area contributed by atoms with Crippen molar-refractivity contribution in [1.29, 1.82) is 0 Å². The summed E-state index contributed by atoms with van der Waals surface area (Å²) in [7, 11) is 0. The summed E-state index contributed by atoms with van der Waals surface area (Å²) < 4.78 is 0. The van der Waals surface area contributed by atoms with Crippen LogP contribution in [0.1, 0.15) is 65.9 Å². The number of amides is 4. The second kappa shape index (κ2) is 8.11. The van der Waals surface area contributed by atoms with E-state index in [1.54, 1.807) is 0 Å². The summed E-state index contributed by atoms with van der Waals surface area (Å²) in [5.41, 5.74) is 0.978. The first-order valence-corrected chi connectivity index (χ1v) is 9.67. The fourth-order valence-corrected chi connectivity index (χ4v) is 3.53. The van der Waals surface area contributed by atoms with Crippen molar-refractivity contribution in [2.45, 2.75) is 71.3 Å². The largest absolute Gasteiger partial charge is 0.325 e. The molecular formula is C21H31N3O3. The number of imide groups is 1. The first-order valence-electron chi connectivity index (χ1n) is 9.67. The van der Waals surface area contributed by atoms with Crippen molar-refractivity contribution in [2.24, 2.45) is 0 Å². The Kier molecular flexibility index (Phi) is 6.29. The molecule has 0 aliphatic carbocycles. The maximum absolute atomic E-state index is 12.8. The smallest absolute Gasteiger partial charge is 0.325 e. The summed E-state index contributed by atoms with van der Waals surface area (Å²) in [4.78, 5) is 38.5. The average Bonchev–Trinajstić information content (AvgIpc) is 2.79. The molecule has 2 N–H and O–H groups in total. The first-order chi connectivity index (χ1) is 12.6. The summed E-state index contributed by atoms with van der Waals surface area (Å²) in [6.07, 6.45) is 2.73. The fourth-order valence-electron chi connectivity index (χ4n) is 3.53. The lowest BCUT2D eigenvalue weighted by molar-refractivity contribution is -0.134. The Morgan fingerprint density at radius 1 is 1.07 bits per heavy atom. The Bertz CT molecular complexity index is 698. The highest BCUT2D eigenvalue weighted by Gasteiger charge is 2.50. The van der Waals surface area contributed by atoms with Gasteiger partial charge in [0.25, 0.3) is 5.91 Å². The molecule has 0 saturated carbocycles. The molecule has 0 atom stereocenters. The lowest BCUT2D eigenvalue weighted by Gasteiger charge is -2.25. The van der Waals surface area contributed by atoms with Crippen LogP contribution in [0.15, 0.2) is 24.3 Å². The number of hydrogen-bond donors (Lipinski definition) is 2. The third-order valence-corrected chi connectivity index (χ3v) is 4.94. The molecule has 0 unspecified atom stereocenters. The van der Waals surface area contributed by atoms with Crippen LogP contribution in [0.25, 0.3) is 0 Å². The molecule has 1 aromatic carbocycles. The van der Waals surface area contributed by atoms with E-state index in [-0.39, 0.29) is 23.8 Å². The van der Waals surface area contributed by atoms with Gasteiger partial charge in [-0.05, 0) is 36.0 Å². The fraction of sp³-hybridized carbons (Fsp3) is 0.571. The van der Waals surface area contributed by atoms with Crippen molar-refractivity contribution < 1.29 is 14.4 Å². The van der Waals surface area contributed by atoms with Gasteiger partial charge >= 0.3 is 6.03 Å². The number of anilines is 1. The number of urea groups is 1. The molecule has 6 heteroatoms. The predicted octanol–water partition coefficient (Wildman–Crippen LogP) is 3.81. The van der Waals surface area contributed by atoms with Crippen LogP contribution in [0.3, 0.4) is 0 Å². The van der Waals surface area contributed by atoms with Crippen molar-refractivity contribution in [2.75, 3.05) is 11.9 Å². The Hall–Kier alpha value is -2.37. The van der Waals surface area contributed by atoms with Crippen molar-refractivity contribution >= 4 is 23.5 Å². The van der Waals surface area contributed by atoms with E-state index in [9.17, 15) is 14.4 Å². The van der Waals surface area contributed by atoms with Crippen LogP contribution < -0.4 is 10.6 Å².